The van der Waals surface area contributed by atoms with Gasteiger partial charge in [0, 0.05) is 38.8 Å². The van der Waals surface area contributed by atoms with Crippen molar-refractivity contribution in [1.29, 1.82) is 0 Å². The monoisotopic (exact) mass is 402 g/mol. The first-order chi connectivity index (χ1) is 13.2. The minimum absolute atomic E-state index is 0.0198. The SMILES string of the molecule is CCCN(C(=O)CCCC(=O)O)C(CCCC(=O)O)C(=O)NCCCC(=O)O. The Labute approximate surface area is 163 Å². The molecule has 0 aromatic carbocycles. The van der Waals surface area contributed by atoms with Gasteiger partial charge in [-0.1, -0.05) is 6.92 Å². The fraction of sp³-hybridized carbons (Fsp3) is 0.722. The third kappa shape index (κ3) is 11.9. The molecule has 10 heteroatoms. The summed E-state index contributed by atoms with van der Waals surface area (Å²) in [6, 6.07) is -0.874. The molecule has 0 fully saturated rings. The highest BCUT2D eigenvalue weighted by atomic mass is 16.4. The number of nitrogens with one attached hydrogen (secondary N) is 1. The Morgan fingerprint density at radius 2 is 1.36 bits per heavy atom. The van der Waals surface area contributed by atoms with E-state index in [2.05, 4.69) is 5.32 Å². The number of nitrogens with zero attached hydrogens (tertiary/aromatic N) is 1. The number of amides is 2. The summed E-state index contributed by atoms with van der Waals surface area (Å²) in [6.07, 6.45) is 0.899. The second kappa shape index (κ2) is 14.4. The van der Waals surface area contributed by atoms with Gasteiger partial charge in [-0.2, -0.15) is 0 Å². The zero-order valence-electron chi connectivity index (χ0n) is 16.2. The van der Waals surface area contributed by atoms with Crippen molar-refractivity contribution < 1.29 is 39.3 Å². The summed E-state index contributed by atoms with van der Waals surface area (Å²) in [4.78, 5) is 58.4. The lowest BCUT2D eigenvalue weighted by Gasteiger charge is -2.31. The van der Waals surface area contributed by atoms with Crippen LogP contribution in [0.4, 0.5) is 0 Å². The van der Waals surface area contributed by atoms with E-state index in [4.69, 9.17) is 15.3 Å². The van der Waals surface area contributed by atoms with E-state index in [0.29, 0.717) is 6.42 Å². The van der Waals surface area contributed by atoms with Gasteiger partial charge in [-0.25, -0.2) is 0 Å². The molecule has 10 nitrogen and oxygen atoms in total. The predicted octanol–water partition coefficient (Wildman–Crippen LogP) is 1.08. The summed E-state index contributed by atoms with van der Waals surface area (Å²) in [5, 5.41) is 28.8. The van der Waals surface area contributed by atoms with E-state index in [1.54, 1.807) is 0 Å². The highest BCUT2D eigenvalue weighted by molar-refractivity contribution is 5.88. The lowest BCUT2D eigenvalue weighted by Crippen LogP contribution is -2.50. The average molecular weight is 402 g/mol. The van der Waals surface area contributed by atoms with Crippen LogP contribution in [0.1, 0.15) is 64.7 Å². The second-order valence-corrected chi connectivity index (χ2v) is 6.42. The van der Waals surface area contributed by atoms with Gasteiger partial charge in [-0.3, -0.25) is 24.0 Å². The van der Waals surface area contributed by atoms with E-state index in [9.17, 15) is 24.0 Å². The Hall–Kier alpha value is -2.65. The summed E-state index contributed by atoms with van der Waals surface area (Å²) in [7, 11) is 0. The molecule has 160 valence electrons. The van der Waals surface area contributed by atoms with Crippen molar-refractivity contribution in [2.75, 3.05) is 13.1 Å². The largest absolute Gasteiger partial charge is 0.481 e. The predicted molar refractivity (Wildman–Crippen MR) is 98.6 cm³/mol. The van der Waals surface area contributed by atoms with Crippen molar-refractivity contribution in [3.63, 3.8) is 0 Å². The molecule has 0 aromatic rings. The topological polar surface area (TPSA) is 161 Å². The van der Waals surface area contributed by atoms with Crippen LogP contribution in [0, 0.1) is 0 Å². The number of aliphatic carboxylic acids is 3. The van der Waals surface area contributed by atoms with Crippen LogP contribution in [-0.2, 0) is 24.0 Å². The Kier molecular flexibility index (Phi) is 13.0. The number of carbonyl (C=O) groups is 5. The first kappa shape index (κ1) is 25.4. The molecule has 0 aliphatic rings. The lowest BCUT2D eigenvalue weighted by molar-refractivity contribution is -0.142. The van der Waals surface area contributed by atoms with E-state index in [0.717, 1.165) is 0 Å². The number of carboxylic acids is 3. The minimum Gasteiger partial charge on any atom is -0.481 e. The van der Waals surface area contributed by atoms with Gasteiger partial charge in [0.15, 0.2) is 0 Å². The van der Waals surface area contributed by atoms with Crippen molar-refractivity contribution in [3.8, 4) is 0 Å². The van der Waals surface area contributed by atoms with Crippen LogP contribution in [-0.4, -0.2) is 69.1 Å². The van der Waals surface area contributed by atoms with Crippen molar-refractivity contribution in [2.24, 2.45) is 0 Å². The molecule has 4 N–H and O–H groups in total. The van der Waals surface area contributed by atoms with Gasteiger partial charge in [0.25, 0.3) is 0 Å². The maximum absolute atomic E-state index is 12.6. The van der Waals surface area contributed by atoms with Crippen molar-refractivity contribution in [1.82, 2.24) is 10.2 Å². The average Bonchev–Trinajstić information content (AvgIpc) is 2.59. The van der Waals surface area contributed by atoms with Crippen LogP contribution in [0.25, 0.3) is 0 Å². The normalized spacial score (nSPS) is 11.5. The molecule has 1 atom stereocenters. The van der Waals surface area contributed by atoms with Crippen LogP contribution >= 0.6 is 0 Å². The van der Waals surface area contributed by atoms with Crippen LogP contribution in [0.15, 0.2) is 0 Å². The number of rotatable bonds is 16. The molecule has 28 heavy (non-hydrogen) atoms. The van der Waals surface area contributed by atoms with E-state index < -0.39 is 29.9 Å². The first-order valence-electron chi connectivity index (χ1n) is 9.41. The Bertz CT molecular complexity index is 550. The summed E-state index contributed by atoms with van der Waals surface area (Å²) in [5.41, 5.74) is 0. The Morgan fingerprint density at radius 1 is 0.821 bits per heavy atom. The van der Waals surface area contributed by atoms with Crippen LogP contribution in [0.2, 0.25) is 0 Å². The van der Waals surface area contributed by atoms with Crippen molar-refractivity contribution in [2.45, 2.75) is 70.8 Å². The van der Waals surface area contributed by atoms with E-state index in [-0.39, 0.29) is 70.4 Å². The number of hydrogen-bond donors (Lipinski definition) is 4. The molecule has 0 aliphatic heterocycles. The lowest BCUT2D eigenvalue weighted by atomic mass is 10.0. The smallest absolute Gasteiger partial charge is 0.303 e. The summed E-state index contributed by atoms with van der Waals surface area (Å²) < 4.78 is 0. The van der Waals surface area contributed by atoms with Gasteiger partial charge < -0.3 is 25.5 Å². The highest BCUT2D eigenvalue weighted by Crippen LogP contribution is 2.14. The highest BCUT2D eigenvalue weighted by Gasteiger charge is 2.28. The van der Waals surface area contributed by atoms with E-state index >= 15 is 0 Å². The molecule has 0 heterocycles. The standard InChI is InChI=1S/C18H30N2O8/c1-2-12-20(14(21)7-4-9-16(24)25)13(6-3-8-15(22)23)18(28)19-11-5-10-17(26)27/h13H,2-12H2,1H3,(H,19,28)(H,22,23)(H,24,25)(H,26,27). The molecule has 0 radical (unpaired) electrons. The van der Waals surface area contributed by atoms with Crippen LogP contribution in [0.3, 0.4) is 0 Å². The molecule has 2 amide bonds. The van der Waals surface area contributed by atoms with Gasteiger partial charge in [-0.15, -0.1) is 0 Å². The maximum Gasteiger partial charge on any atom is 0.303 e. The molecular formula is C18H30N2O8. The molecule has 0 aromatic heterocycles. The van der Waals surface area contributed by atoms with Crippen LogP contribution in [0.5, 0.6) is 0 Å². The molecule has 1 unspecified atom stereocenters. The van der Waals surface area contributed by atoms with Gasteiger partial charge in [0.2, 0.25) is 11.8 Å². The third-order valence-electron chi connectivity index (χ3n) is 3.98. The fourth-order valence-corrected chi connectivity index (χ4v) is 2.67. The zero-order valence-corrected chi connectivity index (χ0v) is 16.2. The fourth-order valence-electron chi connectivity index (χ4n) is 2.67. The molecular weight excluding hydrogens is 372 g/mol. The number of hydrogen-bond acceptors (Lipinski definition) is 5. The van der Waals surface area contributed by atoms with Gasteiger partial charge >= 0.3 is 17.9 Å². The molecule has 0 saturated heterocycles. The summed E-state index contributed by atoms with van der Waals surface area (Å²) in [6.45, 7) is 2.25. The number of carbonyl (C=O) groups excluding carboxylic acids is 2. The zero-order chi connectivity index (χ0) is 21.5. The van der Waals surface area contributed by atoms with E-state index in [1.807, 2.05) is 6.92 Å². The molecule has 0 spiro atoms. The second-order valence-electron chi connectivity index (χ2n) is 6.42. The van der Waals surface area contributed by atoms with Crippen LogP contribution < -0.4 is 5.32 Å². The van der Waals surface area contributed by atoms with Gasteiger partial charge in [0.1, 0.15) is 6.04 Å². The molecule has 0 saturated carbocycles. The summed E-state index contributed by atoms with van der Waals surface area (Å²) in [5.74, 6) is -3.81. The molecule has 0 rings (SSSR count). The number of carboxylic acid groups (broad SMARTS) is 3. The molecule has 0 aliphatic carbocycles. The Balaban J connectivity index is 5.05. The van der Waals surface area contributed by atoms with Gasteiger partial charge in [0.05, 0.1) is 0 Å². The Morgan fingerprint density at radius 3 is 1.89 bits per heavy atom. The first-order valence-corrected chi connectivity index (χ1v) is 9.41. The minimum atomic E-state index is -1.01. The maximum atomic E-state index is 12.6. The van der Waals surface area contributed by atoms with E-state index in [1.165, 1.54) is 4.90 Å². The van der Waals surface area contributed by atoms with Gasteiger partial charge in [-0.05, 0) is 32.1 Å². The summed E-state index contributed by atoms with van der Waals surface area (Å²) >= 11 is 0. The van der Waals surface area contributed by atoms with Crippen molar-refractivity contribution >= 4 is 29.7 Å². The third-order valence-corrected chi connectivity index (χ3v) is 3.98. The molecule has 0 bridgehead atoms. The quantitative estimate of drug-likeness (QED) is 0.279. The van der Waals surface area contributed by atoms with Crippen molar-refractivity contribution in [3.05, 3.63) is 0 Å².